The molecule has 0 fully saturated rings. The van der Waals surface area contributed by atoms with Gasteiger partial charge in [0.15, 0.2) is 0 Å². The van der Waals surface area contributed by atoms with Gasteiger partial charge >= 0.3 is 16.8 Å². The smallest absolute Gasteiger partial charge is 1.00 e. The summed E-state index contributed by atoms with van der Waals surface area (Å²) in [5, 5.41) is 11.6. The predicted molar refractivity (Wildman–Crippen MR) is 176 cm³/mol. The summed E-state index contributed by atoms with van der Waals surface area (Å²) in [7, 11) is 0. The van der Waals surface area contributed by atoms with Gasteiger partial charge in [-0.05, 0) is 82.7 Å². The second-order valence-corrected chi connectivity index (χ2v) is 13.8. The SMILES string of the molecule is CC(CNCC(C)Nc1c(C(C)C)cc(C(C)C)cc1C(C)C)Nc1c(C(C)C)cc(C(C)C)cc1C(C)C.[Br-].[Br-].[Co+2]. The van der Waals surface area contributed by atoms with Crippen molar-refractivity contribution in [1.82, 2.24) is 5.32 Å². The van der Waals surface area contributed by atoms with Crippen molar-refractivity contribution < 1.29 is 50.7 Å². The van der Waals surface area contributed by atoms with E-state index in [9.17, 15) is 0 Å². The minimum Gasteiger partial charge on any atom is -1.00 e. The van der Waals surface area contributed by atoms with Gasteiger partial charge in [0.2, 0.25) is 0 Å². The van der Waals surface area contributed by atoms with Crippen molar-refractivity contribution in [2.75, 3.05) is 23.7 Å². The van der Waals surface area contributed by atoms with E-state index in [-0.39, 0.29) is 50.7 Å². The zero-order chi connectivity index (χ0) is 29.6. The van der Waals surface area contributed by atoms with Crippen molar-refractivity contribution in [2.45, 2.75) is 145 Å². The Kier molecular flexibility index (Phi) is 20.5. The van der Waals surface area contributed by atoms with Crippen molar-refractivity contribution in [3.63, 3.8) is 0 Å². The fourth-order valence-corrected chi connectivity index (χ4v) is 5.36. The molecule has 0 aromatic heterocycles. The van der Waals surface area contributed by atoms with E-state index in [1.54, 1.807) is 0 Å². The number of anilines is 2. The molecule has 2 unspecified atom stereocenters. The van der Waals surface area contributed by atoms with Crippen LogP contribution < -0.4 is 49.9 Å². The maximum absolute atomic E-state index is 3.91. The van der Waals surface area contributed by atoms with Crippen molar-refractivity contribution in [3.8, 4) is 0 Å². The van der Waals surface area contributed by atoms with Crippen LogP contribution in [-0.2, 0) is 16.8 Å². The van der Waals surface area contributed by atoms with Crippen molar-refractivity contribution >= 4 is 11.4 Å². The van der Waals surface area contributed by atoms with E-state index >= 15 is 0 Å². The molecule has 243 valence electrons. The molecule has 0 aliphatic heterocycles. The van der Waals surface area contributed by atoms with Gasteiger partial charge < -0.3 is 49.9 Å². The van der Waals surface area contributed by atoms with E-state index in [0.717, 1.165) is 13.1 Å². The summed E-state index contributed by atoms with van der Waals surface area (Å²) < 4.78 is 0. The van der Waals surface area contributed by atoms with Crippen molar-refractivity contribution in [1.29, 1.82) is 0 Å². The van der Waals surface area contributed by atoms with Crippen molar-refractivity contribution in [2.24, 2.45) is 0 Å². The molecule has 0 heterocycles. The van der Waals surface area contributed by atoms with Crippen LogP contribution in [0, 0.1) is 0 Å². The van der Waals surface area contributed by atoms with Crippen LogP contribution in [0.3, 0.4) is 0 Å². The standard InChI is InChI=1S/C36H61N3.2BrH.Co/c1-21(2)29-15-31(23(5)6)35(32(16-29)24(7)8)38-27(13)19-37-20-28(14)39-36-33(25(9)10)17-30(22(3)4)18-34(36)26(11)12;;;/h15-18,21-28,37-39H,19-20H2,1-14H3;2*1H;/q;;;+2/p-2. The molecule has 42 heavy (non-hydrogen) atoms. The molecule has 0 aliphatic carbocycles. The molecule has 0 bridgehead atoms. The van der Waals surface area contributed by atoms with Gasteiger partial charge in [-0.3, -0.25) is 0 Å². The molecule has 6 heteroatoms. The zero-order valence-electron chi connectivity index (χ0n) is 28.9. The van der Waals surface area contributed by atoms with E-state index < -0.39 is 0 Å². The summed E-state index contributed by atoms with van der Waals surface area (Å²) in [5.74, 6) is 3.02. The molecule has 3 N–H and O–H groups in total. The maximum Gasteiger partial charge on any atom is 2.00 e. The topological polar surface area (TPSA) is 36.1 Å². The number of benzene rings is 2. The Morgan fingerprint density at radius 3 is 0.857 bits per heavy atom. The van der Waals surface area contributed by atoms with Crippen molar-refractivity contribution in [3.05, 3.63) is 57.6 Å². The molecule has 3 nitrogen and oxygen atoms in total. The van der Waals surface area contributed by atoms with Gasteiger partial charge in [-0.1, -0.05) is 107 Å². The zero-order valence-corrected chi connectivity index (χ0v) is 33.1. The summed E-state index contributed by atoms with van der Waals surface area (Å²) >= 11 is 0. The first-order valence-electron chi connectivity index (χ1n) is 15.7. The summed E-state index contributed by atoms with van der Waals surface area (Å²) in [6.07, 6.45) is 0. The van der Waals surface area contributed by atoms with Gasteiger partial charge in [0.1, 0.15) is 0 Å². The number of hydrogen-bond donors (Lipinski definition) is 3. The average molecular weight is 755 g/mol. The van der Waals surface area contributed by atoms with Gasteiger partial charge in [0.05, 0.1) is 0 Å². The molecule has 2 aromatic rings. The summed E-state index contributed by atoms with van der Waals surface area (Å²) in [4.78, 5) is 0. The molecular weight excluding hydrogens is 693 g/mol. The van der Waals surface area contributed by atoms with Crippen LogP contribution in [0.25, 0.3) is 0 Å². The van der Waals surface area contributed by atoms with Crippen LogP contribution in [0.15, 0.2) is 24.3 Å². The minimum absolute atomic E-state index is 0. The summed E-state index contributed by atoms with van der Waals surface area (Å²) in [6.45, 7) is 34.2. The van der Waals surface area contributed by atoms with Crippen LogP contribution in [0.4, 0.5) is 11.4 Å². The first-order valence-corrected chi connectivity index (χ1v) is 15.7. The molecule has 2 aromatic carbocycles. The number of hydrogen-bond acceptors (Lipinski definition) is 3. The summed E-state index contributed by atoms with van der Waals surface area (Å²) in [5.41, 5.74) is 11.4. The minimum atomic E-state index is 0. The molecule has 0 amide bonds. The maximum atomic E-state index is 3.91. The second kappa shape index (κ2) is 19.8. The van der Waals surface area contributed by atoms with E-state index in [2.05, 4.69) is 137 Å². The number of nitrogens with one attached hydrogen (secondary N) is 3. The predicted octanol–water partition coefficient (Wildman–Crippen LogP) is 4.32. The normalized spacial score (nSPS) is 12.9. The first kappa shape index (κ1) is 43.6. The Morgan fingerprint density at radius 2 is 0.667 bits per heavy atom. The first-order chi connectivity index (χ1) is 18.1. The van der Waals surface area contributed by atoms with Crippen LogP contribution in [-0.4, -0.2) is 25.2 Å². The van der Waals surface area contributed by atoms with E-state index in [4.69, 9.17) is 0 Å². The third-order valence-corrected chi connectivity index (χ3v) is 7.95. The fraction of sp³-hybridized carbons (Fsp3) is 0.667. The third-order valence-electron chi connectivity index (χ3n) is 7.95. The van der Waals surface area contributed by atoms with Gasteiger partial charge in [-0.25, -0.2) is 0 Å². The fourth-order valence-electron chi connectivity index (χ4n) is 5.36. The van der Waals surface area contributed by atoms with Crippen LogP contribution in [0.2, 0.25) is 0 Å². The molecule has 0 spiro atoms. The van der Waals surface area contributed by atoms with Gasteiger partial charge in [0.25, 0.3) is 0 Å². The molecule has 2 rings (SSSR count). The van der Waals surface area contributed by atoms with E-state index in [1.165, 1.54) is 44.8 Å². The molecular formula is C36H61Br2CoN3. The Balaban J connectivity index is 0. The van der Waals surface area contributed by atoms with Crippen LogP contribution in [0.1, 0.15) is 166 Å². The molecule has 0 saturated heterocycles. The van der Waals surface area contributed by atoms with Gasteiger partial charge in [0, 0.05) is 36.5 Å². The summed E-state index contributed by atoms with van der Waals surface area (Å²) in [6, 6.07) is 10.4. The second-order valence-electron chi connectivity index (χ2n) is 13.8. The molecule has 0 aliphatic rings. The third kappa shape index (κ3) is 12.1. The monoisotopic (exact) mass is 752 g/mol. The molecule has 1 radical (unpaired) electrons. The van der Waals surface area contributed by atoms with Gasteiger partial charge in [-0.15, -0.1) is 0 Å². The molecule has 0 saturated carbocycles. The Labute approximate surface area is 291 Å². The Bertz CT molecular complexity index is 922. The van der Waals surface area contributed by atoms with E-state index in [0.29, 0.717) is 47.6 Å². The molecule has 2 atom stereocenters. The number of halogens is 2. The number of rotatable bonds is 14. The van der Waals surface area contributed by atoms with E-state index in [1.807, 2.05) is 0 Å². The Hall–Kier alpha value is -0.534. The van der Waals surface area contributed by atoms with Crippen LogP contribution >= 0.6 is 0 Å². The van der Waals surface area contributed by atoms with Gasteiger partial charge in [-0.2, -0.15) is 0 Å². The Morgan fingerprint density at radius 1 is 0.429 bits per heavy atom. The largest absolute Gasteiger partial charge is 2.00 e. The quantitative estimate of drug-likeness (QED) is 0.269. The van der Waals surface area contributed by atoms with Crippen LogP contribution in [0.5, 0.6) is 0 Å². The average Bonchev–Trinajstić information content (AvgIpc) is 2.82.